The van der Waals surface area contributed by atoms with Crippen LogP contribution in [0.2, 0.25) is 0 Å². The molecule has 0 fully saturated rings. The van der Waals surface area contributed by atoms with Crippen LogP contribution < -0.4 is 10.6 Å². The molecule has 1 heterocycles. The maximum Gasteiger partial charge on any atom is 0.191 e. The first kappa shape index (κ1) is 18.2. The summed E-state index contributed by atoms with van der Waals surface area (Å²) in [6.07, 6.45) is 2.78. The summed E-state index contributed by atoms with van der Waals surface area (Å²) < 4.78 is 5.46. The molecule has 0 aromatic carbocycles. The van der Waals surface area contributed by atoms with Gasteiger partial charge in [0.25, 0.3) is 0 Å². The maximum absolute atomic E-state index is 5.46. The van der Waals surface area contributed by atoms with E-state index in [9.17, 15) is 0 Å². The molecule has 0 aliphatic heterocycles. The van der Waals surface area contributed by atoms with Gasteiger partial charge in [0, 0.05) is 20.1 Å². The third-order valence-corrected chi connectivity index (χ3v) is 2.72. The molecule has 0 spiro atoms. The second-order valence-electron chi connectivity index (χ2n) is 4.37. The van der Waals surface area contributed by atoms with E-state index in [0.29, 0.717) is 0 Å². The number of guanidine groups is 1. The normalized spacial score (nSPS) is 13.0. The Bertz CT molecular complexity index is 352. The van der Waals surface area contributed by atoms with Gasteiger partial charge in [-0.1, -0.05) is 6.92 Å². The first-order chi connectivity index (χ1) is 8.69. The van der Waals surface area contributed by atoms with E-state index in [0.717, 1.165) is 31.2 Å². The van der Waals surface area contributed by atoms with Crippen molar-refractivity contribution >= 4 is 29.9 Å². The minimum absolute atomic E-state index is 0. The predicted molar refractivity (Wildman–Crippen MR) is 90.2 cm³/mol. The Morgan fingerprint density at radius 2 is 2.16 bits per heavy atom. The largest absolute Gasteiger partial charge is 0.468 e. The molecule has 1 unspecified atom stereocenters. The first-order valence-corrected chi connectivity index (χ1v) is 6.33. The van der Waals surface area contributed by atoms with Crippen LogP contribution in [-0.2, 0) is 0 Å². The molecular formula is C13H25IN4O. The van der Waals surface area contributed by atoms with E-state index in [1.165, 1.54) is 0 Å². The van der Waals surface area contributed by atoms with Gasteiger partial charge in [0.1, 0.15) is 5.76 Å². The zero-order valence-corrected chi connectivity index (χ0v) is 14.5. The third kappa shape index (κ3) is 6.29. The predicted octanol–water partition coefficient (Wildman–Crippen LogP) is 2.08. The van der Waals surface area contributed by atoms with Gasteiger partial charge in [-0.25, -0.2) is 0 Å². The number of furan rings is 1. The number of aliphatic imine (C=N–C) groups is 1. The van der Waals surface area contributed by atoms with Crippen LogP contribution in [0.25, 0.3) is 0 Å². The van der Waals surface area contributed by atoms with Crippen molar-refractivity contribution in [2.24, 2.45) is 4.99 Å². The molecule has 0 saturated carbocycles. The summed E-state index contributed by atoms with van der Waals surface area (Å²) in [5, 5.41) is 6.56. The van der Waals surface area contributed by atoms with Crippen LogP contribution in [0.4, 0.5) is 0 Å². The van der Waals surface area contributed by atoms with E-state index in [4.69, 9.17) is 4.42 Å². The molecule has 2 N–H and O–H groups in total. The van der Waals surface area contributed by atoms with E-state index in [2.05, 4.69) is 27.4 Å². The number of likely N-dealkylation sites (N-methyl/N-ethyl adjacent to an activating group) is 1. The van der Waals surface area contributed by atoms with Gasteiger partial charge in [-0.2, -0.15) is 0 Å². The van der Waals surface area contributed by atoms with Gasteiger partial charge in [0.15, 0.2) is 5.96 Å². The average Bonchev–Trinajstić information content (AvgIpc) is 2.86. The Labute approximate surface area is 132 Å². The molecule has 1 rings (SSSR count). The fourth-order valence-electron chi connectivity index (χ4n) is 1.68. The number of halogens is 1. The van der Waals surface area contributed by atoms with E-state index in [1.54, 1.807) is 13.3 Å². The highest BCUT2D eigenvalue weighted by Crippen LogP contribution is 2.17. The molecule has 1 aromatic heterocycles. The lowest BCUT2D eigenvalue weighted by molar-refractivity contribution is 0.258. The van der Waals surface area contributed by atoms with Crippen LogP contribution in [0.1, 0.15) is 25.1 Å². The molecule has 5 nitrogen and oxygen atoms in total. The van der Waals surface area contributed by atoms with Crippen molar-refractivity contribution in [1.29, 1.82) is 0 Å². The Balaban J connectivity index is 0.00000324. The maximum atomic E-state index is 5.46. The monoisotopic (exact) mass is 380 g/mol. The summed E-state index contributed by atoms with van der Waals surface area (Å²) in [5.41, 5.74) is 0. The molecule has 0 amide bonds. The van der Waals surface area contributed by atoms with Crippen LogP contribution in [-0.4, -0.2) is 45.1 Å². The van der Waals surface area contributed by atoms with Gasteiger partial charge >= 0.3 is 0 Å². The van der Waals surface area contributed by atoms with E-state index >= 15 is 0 Å². The van der Waals surface area contributed by atoms with Crippen LogP contribution >= 0.6 is 24.0 Å². The lowest BCUT2D eigenvalue weighted by Crippen LogP contribution is -2.41. The number of hydrogen-bond acceptors (Lipinski definition) is 3. The Morgan fingerprint density at radius 1 is 1.42 bits per heavy atom. The minimum Gasteiger partial charge on any atom is -0.468 e. The lowest BCUT2D eigenvalue weighted by atomic mass is 10.2. The third-order valence-electron chi connectivity index (χ3n) is 2.72. The number of rotatable bonds is 6. The molecule has 0 aliphatic rings. The van der Waals surface area contributed by atoms with Gasteiger partial charge in [0.2, 0.25) is 0 Å². The summed E-state index contributed by atoms with van der Waals surface area (Å²) >= 11 is 0. The molecule has 0 aliphatic carbocycles. The Hall–Kier alpha value is -0.760. The standard InChI is InChI=1S/C13H24N4O.HI/c1-5-8-15-13(14-2)16-10-11(17(3)4)12-7-6-9-18-12;/h6-7,9,11H,5,8,10H2,1-4H3,(H2,14,15,16);1H. The van der Waals surface area contributed by atoms with E-state index in [-0.39, 0.29) is 30.0 Å². The first-order valence-electron chi connectivity index (χ1n) is 6.33. The molecule has 6 heteroatoms. The Kier molecular flexibility index (Phi) is 9.68. The zero-order valence-electron chi connectivity index (χ0n) is 12.1. The van der Waals surface area contributed by atoms with Crippen molar-refractivity contribution < 1.29 is 4.42 Å². The zero-order chi connectivity index (χ0) is 13.4. The van der Waals surface area contributed by atoms with E-state index in [1.807, 2.05) is 26.2 Å². The minimum atomic E-state index is 0. The molecule has 110 valence electrons. The van der Waals surface area contributed by atoms with Crippen LogP contribution in [0.3, 0.4) is 0 Å². The van der Waals surface area contributed by atoms with Crippen molar-refractivity contribution in [2.45, 2.75) is 19.4 Å². The average molecular weight is 380 g/mol. The second-order valence-corrected chi connectivity index (χ2v) is 4.37. The summed E-state index contributed by atoms with van der Waals surface area (Å²) in [6.45, 7) is 3.81. The molecular weight excluding hydrogens is 355 g/mol. The lowest BCUT2D eigenvalue weighted by Gasteiger charge is -2.23. The molecule has 0 bridgehead atoms. The van der Waals surface area contributed by atoms with Crippen molar-refractivity contribution in [2.75, 3.05) is 34.2 Å². The quantitative estimate of drug-likeness (QED) is 0.451. The molecule has 0 saturated heterocycles. The molecule has 0 radical (unpaired) electrons. The topological polar surface area (TPSA) is 52.8 Å². The number of hydrogen-bond donors (Lipinski definition) is 2. The van der Waals surface area contributed by atoms with Crippen LogP contribution in [0.5, 0.6) is 0 Å². The number of nitrogens with one attached hydrogen (secondary N) is 2. The van der Waals surface area contributed by atoms with Gasteiger partial charge in [-0.15, -0.1) is 24.0 Å². The van der Waals surface area contributed by atoms with Gasteiger partial charge in [-0.05, 0) is 32.6 Å². The number of nitrogens with zero attached hydrogens (tertiary/aromatic N) is 2. The summed E-state index contributed by atoms with van der Waals surface area (Å²) in [4.78, 5) is 6.31. The van der Waals surface area contributed by atoms with Gasteiger partial charge in [-0.3, -0.25) is 9.89 Å². The highest BCUT2D eigenvalue weighted by Gasteiger charge is 2.16. The van der Waals surface area contributed by atoms with Crippen molar-refractivity contribution in [3.05, 3.63) is 24.2 Å². The van der Waals surface area contributed by atoms with Crippen molar-refractivity contribution in [1.82, 2.24) is 15.5 Å². The summed E-state index contributed by atoms with van der Waals surface area (Å²) in [7, 11) is 5.86. The molecule has 1 atom stereocenters. The Morgan fingerprint density at radius 3 is 2.63 bits per heavy atom. The van der Waals surface area contributed by atoms with Crippen LogP contribution in [0, 0.1) is 0 Å². The summed E-state index contributed by atoms with van der Waals surface area (Å²) in [6, 6.07) is 4.10. The van der Waals surface area contributed by atoms with Crippen LogP contribution in [0.15, 0.2) is 27.8 Å². The molecule has 19 heavy (non-hydrogen) atoms. The van der Waals surface area contributed by atoms with Gasteiger partial charge in [0.05, 0.1) is 12.3 Å². The molecule has 1 aromatic rings. The fourth-order valence-corrected chi connectivity index (χ4v) is 1.68. The second kappa shape index (κ2) is 10.1. The van der Waals surface area contributed by atoms with E-state index < -0.39 is 0 Å². The SMILES string of the molecule is CCCNC(=NC)NCC(c1ccco1)N(C)C.I. The van der Waals surface area contributed by atoms with Crippen molar-refractivity contribution in [3.8, 4) is 0 Å². The highest BCUT2D eigenvalue weighted by molar-refractivity contribution is 14.0. The smallest absolute Gasteiger partial charge is 0.191 e. The van der Waals surface area contributed by atoms with Gasteiger partial charge < -0.3 is 15.1 Å². The fraction of sp³-hybridized carbons (Fsp3) is 0.615. The highest BCUT2D eigenvalue weighted by atomic mass is 127. The summed E-state index contributed by atoms with van der Waals surface area (Å²) in [5.74, 6) is 1.79. The van der Waals surface area contributed by atoms with Crippen molar-refractivity contribution in [3.63, 3.8) is 0 Å².